The Hall–Kier alpha value is -1.99. The summed E-state index contributed by atoms with van der Waals surface area (Å²) in [7, 11) is 1.49. The molecule has 0 aromatic carbocycles. The van der Waals surface area contributed by atoms with Crippen molar-refractivity contribution in [1.82, 2.24) is 10.4 Å². The molecule has 1 aliphatic carbocycles. The standard InChI is InChI=1S/C17H31N3O5/c1-16(2,3)24-14(21)18-20(15(22)25-17(4,5)6)13-10-8-9-12(11-13)19-23-7/h13H,8-11H2,1-7H3,(H,18,21). The third-order valence-corrected chi connectivity index (χ3v) is 3.26. The van der Waals surface area contributed by atoms with Crippen LogP contribution in [0.15, 0.2) is 5.16 Å². The van der Waals surface area contributed by atoms with Crippen LogP contribution in [0, 0.1) is 0 Å². The summed E-state index contributed by atoms with van der Waals surface area (Å²) in [6.07, 6.45) is 1.54. The number of nitrogens with zero attached hydrogens (tertiary/aromatic N) is 2. The topological polar surface area (TPSA) is 89.5 Å². The molecular formula is C17H31N3O5. The average molecular weight is 357 g/mol. The van der Waals surface area contributed by atoms with Gasteiger partial charge in [-0.15, -0.1) is 0 Å². The molecule has 144 valence electrons. The molecule has 1 atom stereocenters. The SMILES string of the molecule is CON=C1CCCC(N(NC(=O)OC(C)(C)C)C(=O)OC(C)(C)C)C1. The minimum absolute atomic E-state index is 0.273. The van der Waals surface area contributed by atoms with E-state index in [-0.39, 0.29) is 6.04 Å². The van der Waals surface area contributed by atoms with Gasteiger partial charge in [0.15, 0.2) is 0 Å². The first-order valence-corrected chi connectivity index (χ1v) is 8.52. The predicted molar refractivity (Wildman–Crippen MR) is 94.1 cm³/mol. The Morgan fingerprint density at radius 1 is 1.12 bits per heavy atom. The van der Waals surface area contributed by atoms with Crippen molar-refractivity contribution in [3.8, 4) is 0 Å². The number of hydrogen-bond donors (Lipinski definition) is 1. The third-order valence-electron chi connectivity index (χ3n) is 3.26. The molecule has 1 saturated carbocycles. The first-order chi connectivity index (χ1) is 11.4. The molecule has 0 saturated heterocycles. The highest BCUT2D eigenvalue weighted by Gasteiger charge is 2.33. The molecule has 1 aliphatic rings. The largest absolute Gasteiger partial charge is 0.443 e. The lowest BCUT2D eigenvalue weighted by atomic mass is 9.93. The summed E-state index contributed by atoms with van der Waals surface area (Å²) in [4.78, 5) is 29.6. The summed E-state index contributed by atoms with van der Waals surface area (Å²) in [5.41, 5.74) is 2.03. The van der Waals surface area contributed by atoms with Crippen molar-refractivity contribution >= 4 is 17.9 Å². The fourth-order valence-corrected chi connectivity index (χ4v) is 2.45. The molecule has 1 rings (SSSR count). The van der Waals surface area contributed by atoms with Gasteiger partial charge in [-0.05, 0) is 60.8 Å². The summed E-state index contributed by atoms with van der Waals surface area (Å²) in [5, 5.41) is 5.19. The van der Waals surface area contributed by atoms with Crippen molar-refractivity contribution in [2.75, 3.05) is 7.11 Å². The second-order valence-electron chi connectivity index (χ2n) is 8.05. The lowest BCUT2D eigenvalue weighted by Crippen LogP contribution is -2.55. The Morgan fingerprint density at radius 2 is 1.72 bits per heavy atom. The Morgan fingerprint density at radius 3 is 2.24 bits per heavy atom. The van der Waals surface area contributed by atoms with Crippen molar-refractivity contribution in [1.29, 1.82) is 0 Å². The van der Waals surface area contributed by atoms with Crippen LogP contribution in [0.5, 0.6) is 0 Å². The molecular weight excluding hydrogens is 326 g/mol. The van der Waals surface area contributed by atoms with Gasteiger partial charge in [0.05, 0.1) is 11.8 Å². The van der Waals surface area contributed by atoms with Crippen molar-refractivity contribution in [2.45, 2.75) is 84.5 Å². The third kappa shape index (κ3) is 8.09. The molecule has 1 unspecified atom stereocenters. The van der Waals surface area contributed by atoms with E-state index in [2.05, 4.69) is 10.6 Å². The maximum Gasteiger partial charge on any atom is 0.429 e. The number of oxime groups is 1. The Labute approximate surface area is 149 Å². The molecule has 0 spiro atoms. The fourth-order valence-electron chi connectivity index (χ4n) is 2.45. The summed E-state index contributed by atoms with van der Waals surface area (Å²) in [6.45, 7) is 10.6. The van der Waals surface area contributed by atoms with Crippen LogP contribution >= 0.6 is 0 Å². The average Bonchev–Trinajstić information content (AvgIpc) is 2.41. The van der Waals surface area contributed by atoms with Gasteiger partial charge >= 0.3 is 12.2 Å². The van der Waals surface area contributed by atoms with Crippen LogP contribution in [-0.2, 0) is 14.3 Å². The molecule has 0 aromatic heterocycles. The molecule has 0 aliphatic heterocycles. The van der Waals surface area contributed by atoms with E-state index in [4.69, 9.17) is 14.3 Å². The second-order valence-corrected chi connectivity index (χ2v) is 8.05. The summed E-state index contributed by atoms with van der Waals surface area (Å²) < 4.78 is 10.7. The highest BCUT2D eigenvalue weighted by atomic mass is 16.6. The van der Waals surface area contributed by atoms with Gasteiger partial charge < -0.3 is 14.3 Å². The molecule has 25 heavy (non-hydrogen) atoms. The van der Waals surface area contributed by atoms with Gasteiger partial charge in [0, 0.05) is 6.42 Å². The predicted octanol–water partition coefficient (Wildman–Crippen LogP) is 3.61. The summed E-state index contributed by atoms with van der Waals surface area (Å²) >= 11 is 0. The molecule has 1 fully saturated rings. The van der Waals surface area contributed by atoms with Crippen LogP contribution in [-0.4, -0.2) is 47.3 Å². The van der Waals surface area contributed by atoms with E-state index in [1.165, 1.54) is 12.1 Å². The van der Waals surface area contributed by atoms with E-state index in [0.29, 0.717) is 6.42 Å². The number of nitrogens with one attached hydrogen (secondary N) is 1. The minimum atomic E-state index is -0.700. The van der Waals surface area contributed by atoms with Gasteiger partial charge in [-0.3, -0.25) is 0 Å². The molecule has 0 aromatic rings. The number of rotatable bonds is 2. The normalized spacial score (nSPS) is 20.0. The highest BCUT2D eigenvalue weighted by Crippen LogP contribution is 2.22. The number of hydrogen-bond acceptors (Lipinski definition) is 6. The molecule has 1 N–H and O–H groups in total. The summed E-state index contributed by atoms with van der Waals surface area (Å²) in [6, 6.07) is -0.273. The van der Waals surface area contributed by atoms with Crippen molar-refractivity contribution in [3.63, 3.8) is 0 Å². The fraction of sp³-hybridized carbons (Fsp3) is 0.824. The zero-order valence-corrected chi connectivity index (χ0v) is 16.3. The smallest absolute Gasteiger partial charge is 0.429 e. The van der Waals surface area contributed by atoms with Gasteiger partial charge in [0.25, 0.3) is 0 Å². The quantitative estimate of drug-likeness (QED) is 0.763. The zero-order valence-electron chi connectivity index (χ0n) is 16.3. The number of amides is 2. The molecule has 0 bridgehead atoms. The van der Waals surface area contributed by atoms with Crippen molar-refractivity contribution in [2.24, 2.45) is 5.16 Å². The van der Waals surface area contributed by atoms with E-state index in [0.717, 1.165) is 25.0 Å². The van der Waals surface area contributed by atoms with Crippen molar-refractivity contribution in [3.05, 3.63) is 0 Å². The van der Waals surface area contributed by atoms with Crippen LogP contribution in [0.25, 0.3) is 0 Å². The van der Waals surface area contributed by atoms with E-state index in [1.807, 2.05) is 0 Å². The lowest BCUT2D eigenvalue weighted by Gasteiger charge is -2.35. The number of hydrazine groups is 1. The molecule has 8 heteroatoms. The van der Waals surface area contributed by atoms with E-state index < -0.39 is 23.4 Å². The van der Waals surface area contributed by atoms with Gasteiger partial charge in [-0.1, -0.05) is 5.16 Å². The van der Waals surface area contributed by atoms with Crippen molar-refractivity contribution < 1.29 is 23.9 Å². The lowest BCUT2D eigenvalue weighted by molar-refractivity contribution is -0.0107. The maximum absolute atomic E-state index is 12.6. The first kappa shape index (κ1) is 21.1. The zero-order chi connectivity index (χ0) is 19.3. The van der Waals surface area contributed by atoms with Gasteiger partial charge in [-0.2, -0.15) is 0 Å². The monoisotopic (exact) mass is 357 g/mol. The number of carbonyl (C=O) groups excluding carboxylic acids is 2. The minimum Gasteiger partial charge on any atom is -0.443 e. The van der Waals surface area contributed by atoms with E-state index >= 15 is 0 Å². The molecule has 0 heterocycles. The highest BCUT2D eigenvalue weighted by molar-refractivity contribution is 5.86. The molecule has 8 nitrogen and oxygen atoms in total. The Bertz CT molecular complexity index is 505. The van der Waals surface area contributed by atoms with Gasteiger partial charge in [0.2, 0.25) is 0 Å². The van der Waals surface area contributed by atoms with Crippen LogP contribution in [0.4, 0.5) is 9.59 Å². The maximum atomic E-state index is 12.6. The Balaban J connectivity index is 2.92. The van der Waals surface area contributed by atoms with Crippen LogP contribution in [0.2, 0.25) is 0 Å². The second kappa shape index (κ2) is 8.40. The van der Waals surface area contributed by atoms with E-state index in [1.54, 1.807) is 41.5 Å². The number of ether oxygens (including phenoxy) is 2. The molecule has 0 radical (unpaired) electrons. The van der Waals surface area contributed by atoms with E-state index in [9.17, 15) is 9.59 Å². The van der Waals surface area contributed by atoms with Crippen LogP contribution < -0.4 is 5.43 Å². The van der Waals surface area contributed by atoms with Gasteiger partial charge in [0.1, 0.15) is 18.3 Å². The van der Waals surface area contributed by atoms with Crippen LogP contribution in [0.1, 0.15) is 67.2 Å². The van der Waals surface area contributed by atoms with Gasteiger partial charge in [-0.25, -0.2) is 20.0 Å². The Kier molecular flexibility index (Phi) is 7.07. The first-order valence-electron chi connectivity index (χ1n) is 8.52. The van der Waals surface area contributed by atoms with Crippen LogP contribution in [0.3, 0.4) is 0 Å². The molecule has 2 amide bonds. The summed E-state index contributed by atoms with van der Waals surface area (Å²) in [5.74, 6) is 0. The number of carbonyl (C=O) groups is 2.